The van der Waals surface area contributed by atoms with Gasteiger partial charge in [0.1, 0.15) is 5.75 Å². The maximum Gasteiger partial charge on any atom is 0.258 e. The standard InChI is InChI=1S/C34H59N5O6/c1-25-22-39(26(2)24-40)34(43)29-21-28(35-32(41)14-11-18-36(4)5)16-17-30(29)45-27(3)13-9-10-20-44-31(25)23-38(8)33(42)15-12-19-37(6)7/h16-17,21,25-27,31,40H,9-15,18-20,22-24H2,1-8H3,(H,35,41)/t25-,26+,27+,31+/m0/s1. The highest BCUT2D eigenvalue weighted by Gasteiger charge is 2.31. The highest BCUT2D eigenvalue weighted by molar-refractivity contribution is 5.99. The summed E-state index contributed by atoms with van der Waals surface area (Å²) in [5.41, 5.74) is 0.859. The Bertz CT molecular complexity index is 1070. The molecule has 1 heterocycles. The molecular weight excluding hydrogens is 574 g/mol. The van der Waals surface area contributed by atoms with Gasteiger partial charge in [0, 0.05) is 51.2 Å². The molecule has 1 aliphatic heterocycles. The van der Waals surface area contributed by atoms with Crippen LogP contribution in [-0.4, -0.2) is 135 Å². The van der Waals surface area contributed by atoms with E-state index in [4.69, 9.17) is 9.47 Å². The Kier molecular flexibility index (Phi) is 16.8. The van der Waals surface area contributed by atoms with Crippen LogP contribution in [0.25, 0.3) is 0 Å². The number of hydrogen-bond acceptors (Lipinski definition) is 8. The molecule has 0 bridgehead atoms. The minimum absolute atomic E-state index is 0.0694. The summed E-state index contributed by atoms with van der Waals surface area (Å²) < 4.78 is 12.7. The third-order valence-electron chi connectivity index (χ3n) is 8.22. The molecule has 0 spiro atoms. The molecule has 0 unspecified atom stereocenters. The predicted octanol–water partition coefficient (Wildman–Crippen LogP) is 3.56. The van der Waals surface area contributed by atoms with E-state index in [1.807, 2.05) is 60.9 Å². The number of aliphatic hydroxyl groups is 1. The lowest BCUT2D eigenvalue weighted by Gasteiger charge is -2.36. The minimum atomic E-state index is -0.478. The second kappa shape index (κ2) is 19.7. The SMILES string of the molecule is C[C@@H]1CCCCO[C@H](CN(C)C(=O)CCCN(C)C)[C@@H](C)CN([C@H](C)CO)C(=O)c2cc(NC(=O)CCCN(C)C)ccc2O1. The lowest BCUT2D eigenvalue weighted by atomic mass is 10.0. The number of carbonyl (C=O) groups excluding carboxylic acids is 3. The van der Waals surface area contributed by atoms with Crippen molar-refractivity contribution in [2.75, 3.05) is 79.9 Å². The number of likely N-dealkylation sites (N-methyl/N-ethyl adjacent to an activating group) is 1. The van der Waals surface area contributed by atoms with Crippen LogP contribution in [0.1, 0.15) is 76.1 Å². The van der Waals surface area contributed by atoms with Gasteiger partial charge in [-0.3, -0.25) is 14.4 Å². The van der Waals surface area contributed by atoms with Crippen LogP contribution in [0.4, 0.5) is 5.69 Å². The molecule has 11 nitrogen and oxygen atoms in total. The van der Waals surface area contributed by atoms with E-state index in [1.165, 1.54) is 0 Å². The molecule has 4 atom stereocenters. The van der Waals surface area contributed by atoms with Gasteiger partial charge in [0.2, 0.25) is 11.8 Å². The van der Waals surface area contributed by atoms with Crippen molar-refractivity contribution < 1.29 is 29.0 Å². The zero-order valence-electron chi connectivity index (χ0n) is 29.0. The normalized spacial score (nSPS) is 20.7. The first kappa shape index (κ1) is 38.5. The second-order valence-corrected chi connectivity index (χ2v) is 13.1. The zero-order chi connectivity index (χ0) is 33.5. The molecule has 2 rings (SSSR count). The number of ether oxygens (including phenoxy) is 2. The Hall–Kier alpha value is -2.73. The van der Waals surface area contributed by atoms with Gasteiger partial charge in [0.15, 0.2) is 0 Å². The third-order valence-corrected chi connectivity index (χ3v) is 8.22. The molecule has 3 amide bonds. The average molecular weight is 634 g/mol. The Labute approximate surface area is 271 Å². The predicted molar refractivity (Wildman–Crippen MR) is 179 cm³/mol. The van der Waals surface area contributed by atoms with Crippen molar-refractivity contribution in [1.82, 2.24) is 19.6 Å². The molecule has 256 valence electrons. The second-order valence-electron chi connectivity index (χ2n) is 13.1. The maximum atomic E-state index is 14.3. The number of rotatable bonds is 13. The van der Waals surface area contributed by atoms with Gasteiger partial charge >= 0.3 is 0 Å². The number of benzene rings is 1. The number of hydrogen-bond donors (Lipinski definition) is 2. The number of nitrogens with one attached hydrogen (secondary N) is 1. The molecule has 1 aromatic rings. The molecular formula is C34H59N5O6. The lowest BCUT2D eigenvalue weighted by Crippen LogP contribution is -2.48. The lowest BCUT2D eigenvalue weighted by molar-refractivity contribution is -0.132. The molecule has 0 saturated heterocycles. The van der Waals surface area contributed by atoms with E-state index >= 15 is 0 Å². The molecule has 2 N–H and O–H groups in total. The molecule has 11 heteroatoms. The van der Waals surface area contributed by atoms with Gasteiger partial charge in [-0.05, 0) is 105 Å². The van der Waals surface area contributed by atoms with E-state index in [2.05, 4.69) is 10.2 Å². The third kappa shape index (κ3) is 13.7. The van der Waals surface area contributed by atoms with Gasteiger partial charge in [0.05, 0.1) is 30.4 Å². The summed E-state index contributed by atoms with van der Waals surface area (Å²) in [7, 11) is 9.74. The largest absolute Gasteiger partial charge is 0.490 e. The smallest absolute Gasteiger partial charge is 0.258 e. The topological polar surface area (TPSA) is 115 Å². The quantitative estimate of drug-likeness (QED) is 0.339. The molecule has 0 saturated carbocycles. The van der Waals surface area contributed by atoms with Crippen LogP contribution in [0.3, 0.4) is 0 Å². The first-order chi connectivity index (χ1) is 21.3. The first-order valence-electron chi connectivity index (χ1n) is 16.5. The van der Waals surface area contributed by atoms with Crippen LogP contribution in [0.15, 0.2) is 18.2 Å². The van der Waals surface area contributed by atoms with Crippen molar-refractivity contribution in [3.05, 3.63) is 23.8 Å². The van der Waals surface area contributed by atoms with Gasteiger partial charge in [0.25, 0.3) is 5.91 Å². The minimum Gasteiger partial charge on any atom is -0.490 e. The van der Waals surface area contributed by atoms with E-state index in [0.29, 0.717) is 49.5 Å². The van der Waals surface area contributed by atoms with Crippen LogP contribution >= 0.6 is 0 Å². The van der Waals surface area contributed by atoms with Crippen molar-refractivity contribution >= 4 is 23.4 Å². The summed E-state index contributed by atoms with van der Waals surface area (Å²) in [5.74, 6) is -0.0215. The van der Waals surface area contributed by atoms with E-state index in [0.717, 1.165) is 45.2 Å². The summed E-state index contributed by atoms with van der Waals surface area (Å²) in [4.78, 5) is 47.3. The first-order valence-corrected chi connectivity index (χ1v) is 16.5. The fraction of sp³-hybridized carbons (Fsp3) is 0.735. The van der Waals surface area contributed by atoms with Crippen LogP contribution in [0.5, 0.6) is 5.75 Å². The van der Waals surface area contributed by atoms with Gasteiger partial charge in [-0.25, -0.2) is 0 Å². The van der Waals surface area contributed by atoms with Gasteiger partial charge in [-0.2, -0.15) is 0 Å². The summed E-state index contributed by atoms with van der Waals surface area (Å²) in [6.45, 7) is 8.51. The van der Waals surface area contributed by atoms with Crippen molar-refractivity contribution in [2.45, 2.75) is 84.0 Å². The van der Waals surface area contributed by atoms with E-state index < -0.39 is 6.04 Å². The Morgan fingerprint density at radius 2 is 1.71 bits per heavy atom. The van der Waals surface area contributed by atoms with Gasteiger partial charge in [-0.1, -0.05) is 6.92 Å². The van der Waals surface area contributed by atoms with Crippen molar-refractivity contribution in [2.24, 2.45) is 5.92 Å². The number of aliphatic hydroxyl groups excluding tert-OH is 1. The fourth-order valence-electron chi connectivity index (χ4n) is 5.35. The summed E-state index contributed by atoms with van der Waals surface area (Å²) in [6, 6.07) is 4.71. The monoisotopic (exact) mass is 633 g/mol. The van der Waals surface area contributed by atoms with Crippen LogP contribution in [0, 0.1) is 5.92 Å². The molecule has 0 aliphatic carbocycles. The van der Waals surface area contributed by atoms with E-state index in [9.17, 15) is 19.5 Å². The van der Waals surface area contributed by atoms with Crippen molar-refractivity contribution in [1.29, 1.82) is 0 Å². The zero-order valence-corrected chi connectivity index (χ0v) is 29.0. The summed E-state index contributed by atoms with van der Waals surface area (Å²) >= 11 is 0. The Balaban J connectivity index is 2.34. The summed E-state index contributed by atoms with van der Waals surface area (Å²) in [6.07, 6.45) is 4.42. The fourth-order valence-corrected chi connectivity index (χ4v) is 5.35. The molecule has 0 radical (unpaired) electrons. The number of nitrogens with zero attached hydrogens (tertiary/aromatic N) is 4. The number of fused-ring (bicyclic) bond motifs is 1. The van der Waals surface area contributed by atoms with Gasteiger partial charge < -0.3 is 39.5 Å². The molecule has 1 aliphatic rings. The van der Waals surface area contributed by atoms with Crippen LogP contribution in [0.2, 0.25) is 0 Å². The van der Waals surface area contributed by atoms with E-state index in [-0.39, 0.29) is 42.5 Å². The number of carbonyl (C=O) groups is 3. The molecule has 0 aromatic heterocycles. The van der Waals surface area contributed by atoms with E-state index in [1.54, 1.807) is 28.0 Å². The summed E-state index contributed by atoms with van der Waals surface area (Å²) in [5, 5.41) is 13.1. The highest BCUT2D eigenvalue weighted by atomic mass is 16.5. The number of anilines is 1. The number of amides is 3. The van der Waals surface area contributed by atoms with Crippen molar-refractivity contribution in [3.63, 3.8) is 0 Å². The van der Waals surface area contributed by atoms with Gasteiger partial charge in [-0.15, -0.1) is 0 Å². The van der Waals surface area contributed by atoms with Crippen LogP contribution in [-0.2, 0) is 14.3 Å². The molecule has 1 aromatic carbocycles. The van der Waals surface area contributed by atoms with Crippen molar-refractivity contribution in [3.8, 4) is 5.75 Å². The maximum absolute atomic E-state index is 14.3. The highest BCUT2D eigenvalue weighted by Crippen LogP contribution is 2.28. The Morgan fingerprint density at radius 1 is 1.04 bits per heavy atom. The molecule has 45 heavy (non-hydrogen) atoms. The molecule has 0 fully saturated rings. The van der Waals surface area contributed by atoms with Crippen LogP contribution < -0.4 is 10.1 Å². The average Bonchev–Trinajstić information content (AvgIpc) is 2.97. The Morgan fingerprint density at radius 3 is 2.36 bits per heavy atom.